The van der Waals surface area contributed by atoms with Gasteiger partial charge in [-0.05, 0) is 30.0 Å². The molecule has 2 aromatic rings. The highest BCUT2D eigenvalue weighted by Crippen LogP contribution is 2.39. The van der Waals surface area contributed by atoms with Gasteiger partial charge in [0.05, 0.1) is 11.1 Å². The molecule has 3 rings (SSSR count). The van der Waals surface area contributed by atoms with Gasteiger partial charge in [-0.3, -0.25) is 9.48 Å². The third kappa shape index (κ3) is 2.03. The van der Waals surface area contributed by atoms with Gasteiger partial charge < -0.3 is 5.11 Å². The SMILES string of the molecule is Cn1ccc(CC2(C(=O)O)Cc3ccccc3C2)n1. The van der Waals surface area contributed by atoms with Crippen LogP contribution in [0.1, 0.15) is 16.8 Å². The molecule has 0 unspecified atom stereocenters. The van der Waals surface area contributed by atoms with Gasteiger partial charge in [-0.25, -0.2) is 0 Å². The number of nitrogens with zero attached hydrogens (tertiary/aromatic N) is 2. The lowest BCUT2D eigenvalue weighted by molar-refractivity contribution is -0.148. The molecule has 0 amide bonds. The zero-order chi connectivity index (χ0) is 13.5. The molecule has 1 aliphatic carbocycles. The molecule has 0 aliphatic heterocycles. The molecule has 1 aromatic heterocycles. The quantitative estimate of drug-likeness (QED) is 0.911. The van der Waals surface area contributed by atoms with Crippen molar-refractivity contribution in [2.45, 2.75) is 19.3 Å². The zero-order valence-corrected chi connectivity index (χ0v) is 10.8. The Morgan fingerprint density at radius 1 is 1.32 bits per heavy atom. The third-order valence-corrected chi connectivity index (χ3v) is 3.92. The minimum Gasteiger partial charge on any atom is -0.481 e. The number of carboxylic acids is 1. The Balaban J connectivity index is 1.93. The summed E-state index contributed by atoms with van der Waals surface area (Å²) >= 11 is 0. The zero-order valence-electron chi connectivity index (χ0n) is 10.8. The lowest BCUT2D eigenvalue weighted by atomic mass is 9.80. The van der Waals surface area contributed by atoms with Crippen LogP contribution in [-0.2, 0) is 31.1 Å². The van der Waals surface area contributed by atoms with Crippen LogP contribution in [-0.4, -0.2) is 20.9 Å². The second-order valence-corrected chi connectivity index (χ2v) is 5.37. The molecule has 1 heterocycles. The third-order valence-electron chi connectivity index (χ3n) is 3.92. The average molecular weight is 256 g/mol. The Bertz CT molecular complexity index is 606. The fraction of sp³-hybridized carbons (Fsp3) is 0.333. The standard InChI is InChI=1S/C15H16N2O2/c1-17-7-6-13(16-17)10-15(14(18)19)8-11-4-2-3-5-12(11)9-15/h2-7H,8-10H2,1H3,(H,18,19). The first-order valence-corrected chi connectivity index (χ1v) is 6.38. The molecule has 98 valence electrons. The summed E-state index contributed by atoms with van der Waals surface area (Å²) < 4.78 is 1.72. The minimum absolute atomic E-state index is 0.484. The van der Waals surface area contributed by atoms with E-state index in [1.54, 1.807) is 4.68 Å². The molecular formula is C15H16N2O2. The van der Waals surface area contributed by atoms with E-state index in [1.807, 2.05) is 43.6 Å². The molecule has 1 N–H and O–H groups in total. The summed E-state index contributed by atoms with van der Waals surface area (Å²) in [5.41, 5.74) is 2.41. The number of rotatable bonds is 3. The van der Waals surface area contributed by atoms with Crippen molar-refractivity contribution in [1.29, 1.82) is 0 Å². The number of aromatic nitrogens is 2. The van der Waals surface area contributed by atoms with Gasteiger partial charge in [-0.2, -0.15) is 5.10 Å². The van der Waals surface area contributed by atoms with Crippen LogP contribution >= 0.6 is 0 Å². The first-order chi connectivity index (χ1) is 9.09. The Morgan fingerprint density at radius 3 is 2.42 bits per heavy atom. The normalized spacial score (nSPS) is 16.3. The summed E-state index contributed by atoms with van der Waals surface area (Å²) in [6.45, 7) is 0. The smallest absolute Gasteiger partial charge is 0.310 e. The predicted molar refractivity (Wildman–Crippen MR) is 70.8 cm³/mol. The molecule has 4 nitrogen and oxygen atoms in total. The second kappa shape index (κ2) is 4.23. The molecule has 0 saturated heterocycles. The van der Waals surface area contributed by atoms with E-state index in [2.05, 4.69) is 5.10 Å². The molecule has 1 aliphatic rings. The molecule has 0 saturated carbocycles. The molecule has 19 heavy (non-hydrogen) atoms. The summed E-state index contributed by atoms with van der Waals surface area (Å²) in [5, 5.41) is 14.0. The number of carbonyl (C=O) groups is 1. The maximum Gasteiger partial charge on any atom is 0.310 e. The van der Waals surface area contributed by atoms with E-state index in [0.717, 1.165) is 16.8 Å². The lowest BCUT2D eigenvalue weighted by Gasteiger charge is -2.22. The number of hydrogen-bond donors (Lipinski definition) is 1. The van der Waals surface area contributed by atoms with E-state index in [9.17, 15) is 9.90 Å². The number of benzene rings is 1. The van der Waals surface area contributed by atoms with Crippen molar-refractivity contribution in [2.75, 3.05) is 0 Å². The van der Waals surface area contributed by atoms with Crippen molar-refractivity contribution in [3.05, 3.63) is 53.3 Å². The number of hydrogen-bond acceptors (Lipinski definition) is 2. The van der Waals surface area contributed by atoms with E-state index in [4.69, 9.17) is 0 Å². The van der Waals surface area contributed by atoms with Gasteiger partial charge in [0.1, 0.15) is 0 Å². The van der Waals surface area contributed by atoms with E-state index >= 15 is 0 Å². The Labute approximate surface area is 111 Å². The Kier molecular flexibility index (Phi) is 2.66. The van der Waals surface area contributed by atoms with Crippen LogP contribution in [0.5, 0.6) is 0 Å². The van der Waals surface area contributed by atoms with Crippen LogP contribution in [0, 0.1) is 5.41 Å². The number of aryl methyl sites for hydroxylation is 1. The minimum atomic E-state index is -0.738. The fourth-order valence-electron chi connectivity index (χ4n) is 2.95. The monoisotopic (exact) mass is 256 g/mol. The van der Waals surface area contributed by atoms with Crippen LogP contribution in [0.2, 0.25) is 0 Å². The Morgan fingerprint density at radius 2 is 1.95 bits per heavy atom. The van der Waals surface area contributed by atoms with Crippen molar-refractivity contribution in [2.24, 2.45) is 12.5 Å². The maximum atomic E-state index is 11.8. The number of fused-ring (bicyclic) bond motifs is 1. The number of aliphatic carboxylic acids is 1. The highest BCUT2D eigenvalue weighted by Gasteiger charge is 2.44. The fourth-order valence-corrected chi connectivity index (χ4v) is 2.95. The molecule has 1 aromatic carbocycles. The summed E-state index contributed by atoms with van der Waals surface area (Å²) in [6.07, 6.45) is 3.52. The van der Waals surface area contributed by atoms with Crippen molar-refractivity contribution >= 4 is 5.97 Å². The van der Waals surface area contributed by atoms with Gasteiger partial charge in [0.2, 0.25) is 0 Å². The molecule has 4 heteroatoms. The van der Waals surface area contributed by atoms with Crippen LogP contribution in [0.15, 0.2) is 36.5 Å². The molecule has 0 bridgehead atoms. The van der Waals surface area contributed by atoms with Crippen LogP contribution in [0.3, 0.4) is 0 Å². The maximum absolute atomic E-state index is 11.8. The van der Waals surface area contributed by atoms with Gasteiger partial charge in [0.15, 0.2) is 0 Å². The predicted octanol–water partition coefficient (Wildman–Crippen LogP) is 1.83. The van der Waals surface area contributed by atoms with Gasteiger partial charge in [-0.1, -0.05) is 24.3 Å². The Hall–Kier alpha value is -2.10. The summed E-state index contributed by atoms with van der Waals surface area (Å²) in [6, 6.07) is 9.89. The van der Waals surface area contributed by atoms with E-state index < -0.39 is 11.4 Å². The highest BCUT2D eigenvalue weighted by molar-refractivity contribution is 5.77. The highest BCUT2D eigenvalue weighted by atomic mass is 16.4. The first-order valence-electron chi connectivity index (χ1n) is 6.38. The van der Waals surface area contributed by atoms with E-state index in [0.29, 0.717) is 19.3 Å². The molecular weight excluding hydrogens is 240 g/mol. The first kappa shape index (κ1) is 12.0. The molecule has 0 fully saturated rings. The van der Waals surface area contributed by atoms with Crippen LogP contribution in [0.25, 0.3) is 0 Å². The molecule has 0 radical (unpaired) electrons. The topological polar surface area (TPSA) is 55.1 Å². The molecule has 0 spiro atoms. The van der Waals surface area contributed by atoms with Crippen molar-refractivity contribution in [1.82, 2.24) is 9.78 Å². The van der Waals surface area contributed by atoms with Gasteiger partial charge in [0.25, 0.3) is 0 Å². The molecule has 0 atom stereocenters. The lowest BCUT2D eigenvalue weighted by Crippen LogP contribution is -2.34. The van der Waals surface area contributed by atoms with Gasteiger partial charge >= 0.3 is 5.97 Å². The summed E-state index contributed by atoms with van der Waals surface area (Å²) in [4.78, 5) is 11.8. The number of carboxylic acid groups (broad SMARTS) is 1. The van der Waals surface area contributed by atoms with Gasteiger partial charge in [0, 0.05) is 19.7 Å². The van der Waals surface area contributed by atoms with Crippen molar-refractivity contribution < 1.29 is 9.90 Å². The second-order valence-electron chi connectivity index (χ2n) is 5.37. The average Bonchev–Trinajstić information content (AvgIpc) is 2.93. The van der Waals surface area contributed by atoms with E-state index in [-0.39, 0.29) is 0 Å². The van der Waals surface area contributed by atoms with Crippen LogP contribution in [0.4, 0.5) is 0 Å². The van der Waals surface area contributed by atoms with Crippen LogP contribution < -0.4 is 0 Å². The van der Waals surface area contributed by atoms with Crippen molar-refractivity contribution in [3.8, 4) is 0 Å². The summed E-state index contributed by atoms with van der Waals surface area (Å²) in [7, 11) is 1.85. The van der Waals surface area contributed by atoms with Gasteiger partial charge in [-0.15, -0.1) is 0 Å². The largest absolute Gasteiger partial charge is 0.481 e. The summed E-state index contributed by atoms with van der Waals surface area (Å²) in [5.74, 6) is -0.727. The van der Waals surface area contributed by atoms with Crippen molar-refractivity contribution in [3.63, 3.8) is 0 Å². The van der Waals surface area contributed by atoms with E-state index in [1.165, 1.54) is 0 Å².